The highest BCUT2D eigenvalue weighted by Gasteiger charge is 2.31. The van der Waals surface area contributed by atoms with Gasteiger partial charge < -0.3 is 10.2 Å². The van der Waals surface area contributed by atoms with Gasteiger partial charge in [0.15, 0.2) is 0 Å². The van der Waals surface area contributed by atoms with Gasteiger partial charge in [-0.2, -0.15) is 0 Å². The Morgan fingerprint density at radius 1 is 1.24 bits per heavy atom. The maximum absolute atomic E-state index is 14.3. The lowest BCUT2D eigenvalue weighted by molar-refractivity contribution is -0.112. The zero-order chi connectivity index (χ0) is 15.1. The number of fused-ring (bicyclic) bond motifs is 1. The molecule has 0 radical (unpaired) electrons. The van der Waals surface area contributed by atoms with Crippen LogP contribution < -0.4 is 10.2 Å². The third kappa shape index (κ3) is 2.41. The van der Waals surface area contributed by atoms with Crippen molar-refractivity contribution < 1.29 is 14.0 Å². The van der Waals surface area contributed by atoms with E-state index in [4.69, 9.17) is 0 Å². The van der Waals surface area contributed by atoms with Gasteiger partial charge in [-0.05, 0) is 36.8 Å². The Kier molecular flexibility index (Phi) is 3.43. The molecule has 5 heteroatoms. The fraction of sp³-hybridized carbons (Fsp3) is 0.500. The van der Waals surface area contributed by atoms with Crippen LogP contribution in [-0.2, 0) is 4.79 Å². The minimum Gasteiger partial charge on any atom is -0.369 e. The van der Waals surface area contributed by atoms with Crippen molar-refractivity contribution in [2.24, 2.45) is 11.8 Å². The molecule has 0 unspecified atom stereocenters. The average Bonchev–Trinajstić information content (AvgIpc) is 2.73. The van der Waals surface area contributed by atoms with Crippen LogP contribution in [0.15, 0.2) is 12.1 Å². The van der Waals surface area contributed by atoms with Gasteiger partial charge in [0.25, 0.3) is 11.7 Å². The largest absolute Gasteiger partial charge is 0.369 e. The van der Waals surface area contributed by atoms with E-state index < -0.39 is 17.5 Å². The van der Waals surface area contributed by atoms with Gasteiger partial charge in [0, 0.05) is 13.1 Å². The third-order valence-electron chi connectivity index (χ3n) is 4.61. The summed E-state index contributed by atoms with van der Waals surface area (Å²) < 4.78 is 14.3. The second kappa shape index (κ2) is 5.13. The number of amides is 1. The van der Waals surface area contributed by atoms with Crippen molar-refractivity contribution in [3.05, 3.63) is 23.5 Å². The predicted molar refractivity (Wildman–Crippen MR) is 79.1 cm³/mol. The fourth-order valence-corrected chi connectivity index (χ4v) is 3.20. The number of nitrogens with one attached hydrogen (secondary N) is 1. The van der Waals surface area contributed by atoms with Crippen LogP contribution in [0.2, 0.25) is 0 Å². The smallest absolute Gasteiger partial charge is 0.296 e. The van der Waals surface area contributed by atoms with E-state index in [9.17, 15) is 14.0 Å². The Morgan fingerprint density at radius 3 is 2.52 bits per heavy atom. The number of halogens is 1. The van der Waals surface area contributed by atoms with Gasteiger partial charge in [0.05, 0.1) is 16.9 Å². The standard InChI is InChI=1S/C16H19FN2O2/c1-9(2)10-3-5-19(6-4-10)14-8-13-11(7-12(14)17)15(20)16(21)18-13/h7-10H,3-6H2,1-2H3,(H,18,20,21). The number of anilines is 2. The van der Waals surface area contributed by atoms with Crippen molar-refractivity contribution in [1.82, 2.24) is 0 Å². The van der Waals surface area contributed by atoms with Crippen molar-refractivity contribution in [3.8, 4) is 0 Å². The number of rotatable bonds is 2. The Morgan fingerprint density at radius 2 is 1.90 bits per heavy atom. The fourth-order valence-electron chi connectivity index (χ4n) is 3.20. The molecule has 0 aliphatic carbocycles. The number of Topliss-reactive ketones (excluding diaryl/α,β-unsaturated/α-hetero) is 1. The molecule has 0 spiro atoms. The normalized spacial score (nSPS) is 19.1. The summed E-state index contributed by atoms with van der Waals surface area (Å²) in [6.45, 7) is 6.05. The summed E-state index contributed by atoms with van der Waals surface area (Å²) in [6.07, 6.45) is 2.08. The molecule has 0 aromatic heterocycles. The minimum atomic E-state index is -0.680. The number of hydrogen-bond acceptors (Lipinski definition) is 3. The van der Waals surface area contributed by atoms with Gasteiger partial charge in [0.1, 0.15) is 5.82 Å². The molecule has 21 heavy (non-hydrogen) atoms. The van der Waals surface area contributed by atoms with Crippen LogP contribution in [0.5, 0.6) is 0 Å². The molecule has 3 rings (SSSR count). The van der Waals surface area contributed by atoms with Gasteiger partial charge in [-0.3, -0.25) is 9.59 Å². The van der Waals surface area contributed by atoms with E-state index in [0.717, 1.165) is 25.9 Å². The van der Waals surface area contributed by atoms with Crippen LogP contribution in [0, 0.1) is 17.7 Å². The number of ketones is 1. The van der Waals surface area contributed by atoms with Gasteiger partial charge in [0.2, 0.25) is 0 Å². The molecule has 1 fully saturated rings. The Labute approximate surface area is 123 Å². The molecule has 112 valence electrons. The number of carbonyl (C=O) groups excluding carboxylic acids is 2. The number of hydrogen-bond donors (Lipinski definition) is 1. The van der Waals surface area contributed by atoms with E-state index in [1.165, 1.54) is 6.07 Å². The van der Waals surface area contributed by atoms with Crippen LogP contribution in [0.25, 0.3) is 0 Å². The Hall–Kier alpha value is -1.91. The highest BCUT2D eigenvalue weighted by molar-refractivity contribution is 6.51. The molecule has 2 aliphatic rings. The van der Waals surface area contributed by atoms with Crippen LogP contribution in [0.3, 0.4) is 0 Å². The molecule has 1 saturated heterocycles. The maximum Gasteiger partial charge on any atom is 0.296 e. The Balaban J connectivity index is 1.83. The van der Waals surface area contributed by atoms with E-state index >= 15 is 0 Å². The molecule has 2 aliphatic heterocycles. The molecule has 4 nitrogen and oxygen atoms in total. The minimum absolute atomic E-state index is 0.137. The van der Waals surface area contributed by atoms with Gasteiger partial charge >= 0.3 is 0 Å². The first-order valence-corrected chi connectivity index (χ1v) is 7.41. The third-order valence-corrected chi connectivity index (χ3v) is 4.61. The molecular formula is C16H19FN2O2. The summed E-state index contributed by atoms with van der Waals surface area (Å²) in [5, 5.41) is 2.50. The van der Waals surface area contributed by atoms with Crippen molar-refractivity contribution in [2.45, 2.75) is 26.7 Å². The second-order valence-electron chi connectivity index (χ2n) is 6.20. The number of carbonyl (C=O) groups is 2. The molecule has 1 aromatic rings. The van der Waals surface area contributed by atoms with Gasteiger partial charge in [-0.15, -0.1) is 0 Å². The number of benzene rings is 1. The summed E-state index contributed by atoms with van der Waals surface area (Å²) in [4.78, 5) is 24.9. The zero-order valence-electron chi connectivity index (χ0n) is 12.3. The highest BCUT2D eigenvalue weighted by atomic mass is 19.1. The lowest BCUT2D eigenvalue weighted by atomic mass is 9.86. The SMILES string of the molecule is CC(C)C1CCN(c2cc3c(cc2F)C(=O)C(=O)N3)CC1. The van der Waals surface area contributed by atoms with Crippen LogP contribution in [0.4, 0.5) is 15.8 Å². The summed E-state index contributed by atoms with van der Waals surface area (Å²) in [7, 11) is 0. The first kappa shape index (κ1) is 14.0. The van der Waals surface area contributed by atoms with Crippen molar-refractivity contribution in [1.29, 1.82) is 0 Å². The summed E-state index contributed by atoms with van der Waals surface area (Å²) in [6, 6.07) is 2.77. The van der Waals surface area contributed by atoms with E-state index in [2.05, 4.69) is 19.2 Å². The molecule has 1 amide bonds. The topological polar surface area (TPSA) is 49.4 Å². The van der Waals surface area contributed by atoms with Crippen molar-refractivity contribution in [3.63, 3.8) is 0 Å². The van der Waals surface area contributed by atoms with E-state index in [0.29, 0.717) is 23.2 Å². The molecule has 1 aromatic carbocycles. The quantitative estimate of drug-likeness (QED) is 0.852. The lowest BCUT2D eigenvalue weighted by Crippen LogP contribution is -2.35. The first-order valence-electron chi connectivity index (χ1n) is 7.41. The van der Waals surface area contributed by atoms with E-state index in [1.807, 2.05) is 4.90 Å². The van der Waals surface area contributed by atoms with Gasteiger partial charge in [-0.25, -0.2) is 4.39 Å². The second-order valence-corrected chi connectivity index (χ2v) is 6.20. The predicted octanol–water partition coefficient (Wildman–Crippen LogP) is 2.83. The highest BCUT2D eigenvalue weighted by Crippen LogP contribution is 2.34. The van der Waals surface area contributed by atoms with Crippen molar-refractivity contribution in [2.75, 3.05) is 23.3 Å². The zero-order valence-corrected chi connectivity index (χ0v) is 12.3. The molecule has 2 heterocycles. The average molecular weight is 290 g/mol. The van der Waals surface area contributed by atoms with E-state index in [1.54, 1.807) is 6.07 Å². The monoisotopic (exact) mass is 290 g/mol. The van der Waals surface area contributed by atoms with Crippen LogP contribution >= 0.6 is 0 Å². The molecule has 1 N–H and O–H groups in total. The number of piperidine rings is 1. The Bertz CT molecular complexity index is 605. The summed E-state index contributed by atoms with van der Waals surface area (Å²) >= 11 is 0. The molecule has 0 atom stereocenters. The molecule has 0 saturated carbocycles. The lowest BCUT2D eigenvalue weighted by Gasteiger charge is -2.35. The van der Waals surface area contributed by atoms with E-state index in [-0.39, 0.29) is 5.56 Å². The van der Waals surface area contributed by atoms with Gasteiger partial charge in [-0.1, -0.05) is 13.8 Å². The molecular weight excluding hydrogens is 271 g/mol. The first-order chi connectivity index (χ1) is 9.97. The maximum atomic E-state index is 14.3. The number of nitrogens with zero attached hydrogens (tertiary/aromatic N) is 1. The van der Waals surface area contributed by atoms with Crippen LogP contribution in [0.1, 0.15) is 37.0 Å². The summed E-state index contributed by atoms with van der Waals surface area (Å²) in [5.74, 6) is -0.440. The molecule has 0 bridgehead atoms. The van der Waals surface area contributed by atoms with Crippen molar-refractivity contribution >= 4 is 23.1 Å². The van der Waals surface area contributed by atoms with Crippen LogP contribution in [-0.4, -0.2) is 24.8 Å². The summed E-state index contributed by atoms with van der Waals surface area (Å²) in [5.41, 5.74) is 1.04.